The normalized spacial score (nSPS) is 10.8. The Morgan fingerprint density at radius 2 is 2.27 bits per heavy atom. The van der Waals surface area contributed by atoms with Gasteiger partial charge in [-0.3, -0.25) is 0 Å². The molecule has 2 aromatic rings. The topological polar surface area (TPSA) is 24.9 Å². The molecule has 2 aromatic heterocycles. The van der Waals surface area contributed by atoms with Crippen molar-refractivity contribution in [3.63, 3.8) is 0 Å². The molecule has 0 radical (unpaired) electrons. The van der Waals surface area contributed by atoms with Crippen LogP contribution in [0.2, 0.25) is 0 Å². The molecule has 0 bridgehead atoms. The molecule has 0 fully saturated rings. The Bertz CT molecular complexity index is 436. The lowest BCUT2D eigenvalue weighted by Gasteiger charge is -2.00. The first-order chi connectivity index (χ1) is 7.25. The van der Waals surface area contributed by atoms with Crippen molar-refractivity contribution < 1.29 is 0 Å². The predicted octanol–water partition coefficient (Wildman–Crippen LogP) is 3.57. The van der Waals surface area contributed by atoms with Crippen molar-refractivity contribution in [2.75, 3.05) is 0 Å². The van der Waals surface area contributed by atoms with E-state index in [0.717, 1.165) is 23.8 Å². The maximum absolute atomic E-state index is 4.40. The van der Waals surface area contributed by atoms with E-state index >= 15 is 0 Å². The molecule has 0 unspecified atom stereocenters. The van der Waals surface area contributed by atoms with Gasteiger partial charge in [-0.1, -0.05) is 0 Å². The van der Waals surface area contributed by atoms with Crippen LogP contribution >= 0.6 is 38.6 Å². The lowest BCUT2D eigenvalue weighted by molar-refractivity contribution is 0.695. The summed E-state index contributed by atoms with van der Waals surface area (Å²) in [6, 6.07) is 2.08. The Hall–Kier alpha value is -0.230. The summed E-state index contributed by atoms with van der Waals surface area (Å²) in [4.78, 5) is 5.74. The summed E-state index contributed by atoms with van der Waals surface area (Å²) in [5.41, 5.74) is 1.11. The average molecular weight is 303 g/mol. The first-order valence-corrected chi connectivity index (χ1v) is 7.14. The summed E-state index contributed by atoms with van der Waals surface area (Å²) < 4.78 is 1.19. The molecule has 0 spiro atoms. The van der Waals surface area contributed by atoms with Crippen LogP contribution in [0.5, 0.6) is 0 Å². The Morgan fingerprint density at radius 3 is 2.87 bits per heavy atom. The molecule has 2 heterocycles. The lowest BCUT2D eigenvalue weighted by atomic mass is 10.4. The Labute approximate surface area is 106 Å². The van der Waals surface area contributed by atoms with E-state index in [2.05, 4.69) is 43.1 Å². The van der Waals surface area contributed by atoms with Crippen LogP contribution in [0.25, 0.3) is 0 Å². The zero-order valence-electron chi connectivity index (χ0n) is 8.29. The molecule has 2 nitrogen and oxygen atoms in total. The number of rotatable bonds is 4. The lowest BCUT2D eigenvalue weighted by Crippen LogP contribution is -2.11. The number of thiazole rings is 1. The van der Waals surface area contributed by atoms with E-state index in [1.807, 2.05) is 6.92 Å². The number of aromatic nitrogens is 1. The molecule has 1 N–H and O–H groups in total. The summed E-state index contributed by atoms with van der Waals surface area (Å²) in [5, 5.41) is 8.71. The van der Waals surface area contributed by atoms with Crippen molar-refractivity contribution in [1.82, 2.24) is 10.3 Å². The minimum atomic E-state index is 0.850. The van der Waals surface area contributed by atoms with E-state index < -0.39 is 0 Å². The molecule has 0 aliphatic carbocycles. The Morgan fingerprint density at radius 1 is 1.40 bits per heavy atom. The molecular formula is C10H11BrN2S2. The third kappa shape index (κ3) is 3.11. The van der Waals surface area contributed by atoms with Crippen LogP contribution in [0.3, 0.4) is 0 Å². The average Bonchev–Trinajstić information content (AvgIpc) is 2.77. The molecule has 0 aromatic carbocycles. The smallest absolute Gasteiger partial charge is 0.107 e. The van der Waals surface area contributed by atoms with Gasteiger partial charge in [0.1, 0.15) is 5.01 Å². The molecule has 0 saturated carbocycles. The first kappa shape index (κ1) is 11.3. The molecule has 0 aliphatic rings. The number of nitrogens with one attached hydrogen (secondary N) is 1. The second kappa shape index (κ2) is 5.21. The van der Waals surface area contributed by atoms with Gasteiger partial charge >= 0.3 is 0 Å². The van der Waals surface area contributed by atoms with E-state index in [0.29, 0.717) is 0 Å². The van der Waals surface area contributed by atoms with Gasteiger partial charge in [0.25, 0.3) is 0 Å². The molecular weight excluding hydrogens is 292 g/mol. The van der Waals surface area contributed by atoms with Crippen LogP contribution in [0.4, 0.5) is 0 Å². The van der Waals surface area contributed by atoms with Crippen molar-refractivity contribution in [2.24, 2.45) is 0 Å². The highest BCUT2D eigenvalue weighted by Crippen LogP contribution is 2.22. The molecule has 0 saturated heterocycles. The van der Waals surface area contributed by atoms with Gasteiger partial charge in [-0.25, -0.2) is 4.98 Å². The molecule has 0 amide bonds. The monoisotopic (exact) mass is 302 g/mol. The van der Waals surface area contributed by atoms with E-state index in [-0.39, 0.29) is 0 Å². The van der Waals surface area contributed by atoms with Crippen LogP contribution in [0, 0.1) is 6.92 Å². The minimum Gasteiger partial charge on any atom is -0.305 e. The van der Waals surface area contributed by atoms with E-state index in [1.165, 1.54) is 9.35 Å². The second-order valence-corrected chi connectivity index (χ2v) is 5.98. The molecule has 0 aliphatic heterocycles. The fourth-order valence-electron chi connectivity index (χ4n) is 1.22. The number of thiophene rings is 1. The van der Waals surface area contributed by atoms with Crippen LogP contribution in [-0.2, 0) is 13.1 Å². The van der Waals surface area contributed by atoms with Gasteiger partial charge in [0.05, 0.1) is 0 Å². The van der Waals surface area contributed by atoms with Gasteiger partial charge in [0.15, 0.2) is 0 Å². The maximum atomic E-state index is 4.40. The van der Waals surface area contributed by atoms with Crippen LogP contribution in [-0.4, -0.2) is 4.98 Å². The van der Waals surface area contributed by atoms with Gasteiger partial charge in [-0.05, 0) is 34.3 Å². The van der Waals surface area contributed by atoms with Gasteiger partial charge in [0, 0.05) is 33.5 Å². The standard InChI is InChI=1S/C10H11BrN2S2/c1-7-6-15-10(13-7)5-12-4-9-8(11)2-3-14-9/h2-3,6,12H,4-5H2,1H3. The van der Waals surface area contributed by atoms with Crippen molar-refractivity contribution in [2.45, 2.75) is 20.0 Å². The fraction of sp³-hybridized carbons (Fsp3) is 0.300. The predicted molar refractivity (Wildman–Crippen MR) is 69.4 cm³/mol. The van der Waals surface area contributed by atoms with Crippen molar-refractivity contribution in [3.8, 4) is 0 Å². The summed E-state index contributed by atoms with van der Waals surface area (Å²) in [7, 11) is 0. The second-order valence-electron chi connectivity index (χ2n) is 3.18. The highest BCUT2D eigenvalue weighted by molar-refractivity contribution is 9.10. The van der Waals surface area contributed by atoms with Crippen molar-refractivity contribution in [3.05, 3.63) is 36.9 Å². The SMILES string of the molecule is Cc1csc(CNCc2sccc2Br)n1. The van der Waals surface area contributed by atoms with Crippen LogP contribution in [0.15, 0.2) is 21.3 Å². The van der Waals surface area contributed by atoms with Crippen molar-refractivity contribution in [1.29, 1.82) is 0 Å². The van der Waals surface area contributed by atoms with Gasteiger partial charge in [-0.2, -0.15) is 0 Å². The summed E-state index contributed by atoms with van der Waals surface area (Å²) in [6.45, 7) is 3.77. The summed E-state index contributed by atoms with van der Waals surface area (Å²) in [5.74, 6) is 0. The Balaban J connectivity index is 1.83. The molecule has 5 heteroatoms. The molecule has 2 rings (SSSR count). The molecule has 80 valence electrons. The first-order valence-electron chi connectivity index (χ1n) is 4.59. The largest absolute Gasteiger partial charge is 0.305 e. The minimum absolute atomic E-state index is 0.850. The third-order valence-electron chi connectivity index (χ3n) is 1.92. The highest BCUT2D eigenvalue weighted by Gasteiger charge is 2.02. The summed E-state index contributed by atoms with van der Waals surface area (Å²) >= 11 is 6.99. The number of hydrogen-bond acceptors (Lipinski definition) is 4. The quantitative estimate of drug-likeness (QED) is 0.934. The fourth-order valence-corrected chi connectivity index (χ4v) is 3.42. The number of hydrogen-bond donors (Lipinski definition) is 1. The maximum Gasteiger partial charge on any atom is 0.107 e. The van der Waals surface area contributed by atoms with E-state index in [9.17, 15) is 0 Å². The number of aryl methyl sites for hydroxylation is 1. The zero-order chi connectivity index (χ0) is 10.7. The molecule has 15 heavy (non-hydrogen) atoms. The van der Waals surface area contributed by atoms with Gasteiger partial charge in [0.2, 0.25) is 0 Å². The van der Waals surface area contributed by atoms with E-state index in [1.54, 1.807) is 22.7 Å². The highest BCUT2D eigenvalue weighted by atomic mass is 79.9. The van der Waals surface area contributed by atoms with Gasteiger partial charge in [-0.15, -0.1) is 22.7 Å². The third-order valence-corrected chi connectivity index (χ3v) is 4.81. The summed E-state index contributed by atoms with van der Waals surface area (Å²) in [6.07, 6.45) is 0. The zero-order valence-corrected chi connectivity index (χ0v) is 11.5. The van der Waals surface area contributed by atoms with Crippen molar-refractivity contribution >= 4 is 38.6 Å². The Kier molecular flexibility index (Phi) is 3.91. The number of halogens is 1. The van der Waals surface area contributed by atoms with Crippen LogP contribution in [0.1, 0.15) is 15.6 Å². The van der Waals surface area contributed by atoms with Gasteiger partial charge < -0.3 is 5.32 Å². The molecule has 0 atom stereocenters. The van der Waals surface area contributed by atoms with E-state index in [4.69, 9.17) is 0 Å². The number of nitrogens with zero attached hydrogens (tertiary/aromatic N) is 1. The van der Waals surface area contributed by atoms with Crippen LogP contribution < -0.4 is 5.32 Å².